The lowest BCUT2D eigenvalue weighted by molar-refractivity contribution is -0.383. The SMILES string of the molecule is CCc1nc2ccccc2n1C1CCN(c2ccc([N+](=O)[O-])c3cccnc23)CC1. The van der Waals surface area contributed by atoms with Crippen LogP contribution >= 0.6 is 0 Å². The van der Waals surface area contributed by atoms with Crippen LogP contribution in [0.4, 0.5) is 11.4 Å². The van der Waals surface area contributed by atoms with E-state index in [4.69, 9.17) is 4.98 Å². The molecule has 0 atom stereocenters. The lowest BCUT2D eigenvalue weighted by Crippen LogP contribution is -2.35. The standard InChI is InChI=1S/C23H23N5O2/c1-2-22-25-18-7-3-4-8-20(18)27(22)16-11-14-26(15-12-16)21-10-9-19(28(29)30)17-6-5-13-24-23(17)21/h3-10,13,16H,2,11-12,14-15H2,1H3. The van der Waals surface area contributed by atoms with Crippen molar-refractivity contribution >= 4 is 33.3 Å². The molecule has 1 aliphatic rings. The summed E-state index contributed by atoms with van der Waals surface area (Å²) >= 11 is 0. The van der Waals surface area contributed by atoms with Gasteiger partial charge in [0, 0.05) is 37.8 Å². The van der Waals surface area contributed by atoms with Crippen LogP contribution in [0.25, 0.3) is 21.9 Å². The van der Waals surface area contributed by atoms with E-state index in [2.05, 4.69) is 39.6 Å². The number of imidazole rings is 1. The van der Waals surface area contributed by atoms with Gasteiger partial charge < -0.3 is 9.47 Å². The highest BCUT2D eigenvalue weighted by Gasteiger charge is 2.26. The molecule has 0 N–H and O–H groups in total. The second kappa shape index (κ2) is 7.40. The Hall–Kier alpha value is -3.48. The predicted octanol–water partition coefficient (Wildman–Crippen LogP) is 4.90. The second-order valence-electron chi connectivity index (χ2n) is 7.72. The molecule has 0 amide bonds. The number of para-hydroxylation sites is 2. The van der Waals surface area contributed by atoms with Crippen LogP contribution in [-0.4, -0.2) is 32.5 Å². The zero-order valence-corrected chi connectivity index (χ0v) is 16.9. The molecule has 3 heterocycles. The number of hydrogen-bond acceptors (Lipinski definition) is 5. The van der Waals surface area contributed by atoms with Crippen molar-refractivity contribution in [2.75, 3.05) is 18.0 Å². The Balaban J connectivity index is 1.45. The van der Waals surface area contributed by atoms with Crippen LogP contribution in [0.1, 0.15) is 31.6 Å². The van der Waals surface area contributed by atoms with Gasteiger partial charge in [0.05, 0.1) is 27.0 Å². The summed E-state index contributed by atoms with van der Waals surface area (Å²) in [6, 6.07) is 15.7. The average molecular weight is 401 g/mol. The van der Waals surface area contributed by atoms with Gasteiger partial charge in [-0.1, -0.05) is 19.1 Å². The Labute approximate surface area is 174 Å². The predicted molar refractivity (Wildman–Crippen MR) is 118 cm³/mol. The number of non-ortho nitro benzene ring substituents is 1. The molecule has 0 aliphatic carbocycles. The average Bonchev–Trinajstić information content (AvgIpc) is 3.17. The number of aromatic nitrogens is 3. The summed E-state index contributed by atoms with van der Waals surface area (Å²) in [6.45, 7) is 3.91. The number of rotatable bonds is 4. The minimum Gasteiger partial charge on any atom is -0.370 e. The van der Waals surface area contributed by atoms with Gasteiger partial charge in [-0.25, -0.2) is 4.98 Å². The maximum absolute atomic E-state index is 11.4. The van der Waals surface area contributed by atoms with Crippen molar-refractivity contribution in [2.24, 2.45) is 0 Å². The maximum Gasteiger partial charge on any atom is 0.278 e. The smallest absolute Gasteiger partial charge is 0.278 e. The van der Waals surface area contributed by atoms with E-state index >= 15 is 0 Å². The fourth-order valence-corrected chi connectivity index (χ4v) is 4.67. The fraction of sp³-hybridized carbons (Fsp3) is 0.304. The van der Waals surface area contributed by atoms with E-state index in [0.717, 1.165) is 49.4 Å². The van der Waals surface area contributed by atoms with Gasteiger partial charge in [0.2, 0.25) is 0 Å². The normalized spacial score (nSPS) is 15.2. The van der Waals surface area contributed by atoms with Crippen molar-refractivity contribution < 1.29 is 4.92 Å². The number of nitro benzene ring substituents is 1. The molecule has 2 aromatic heterocycles. The lowest BCUT2D eigenvalue weighted by Gasteiger charge is -2.35. The molecule has 0 unspecified atom stereocenters. The minimum atomic E-state index is -0.337. The molecule has 1 saturated heterocycles. The number of anilines is 1. The van der Waals surface area contributed by atoms with Crippen LogP contribution in [-0.2, 0) is 6.42 Å². The summed E-state index contributed by atoms with van der Waals surface area (Å²) in [5.74, 6) is 1.14. The number of nitrogens with zero attached hydrogens (tertiary/aromatic N) is 5. The first-order valence-electron chi connectivity index (χ1n) is 10.4. The van der Waals surface area contributed by atoms with Gasteiger partial charge in [-0.15, -0.1) is 0 Å². The van der Waals surface area contributed by atoms with Crippen molar-refractivity contribution in [1.29, 1.82) is 0 Å². The Morgan fingerprint density at radius 3 is 2.67 bits per heavy atom. The number of piperidine rings is 1. The number of pyridine rings is 1. The summed E-state index contributed by atoms with van der Waals surface area (Å²) in [7, 11) is 0. The molecular weight excluding hydrogens is 378 g/mol. The van der Waals surface area contributed by atoms with Crippen molar-refractivity contribution in [2.45, 2.75) is 32.2 Å². The van der Waals surface area contributed by atoms with Gasteiger partial charge in [0.1, 0.15) is 11.3 Å². The van der Waals surface area contributed by atoms with Gasteiger partial charge in [0.25, 0.3) is 5.69 Å². The molecule has 0 bridgehead atoms. The second-order valence-corrected chi connectivity index (χ2v) is 7.72. The fourth-order valence-electron chi connectivity index (χ4n) is 4.67. The summed E-state index contributed by atoms with van der Waals surface area (Å²) in [5.41, 5.74) is 4.04. The Bertz CT molecular complexity index is 1240. The van der Waals surface area contributed by atoms with E-state index in [-0.39, 0.29) is 10.6 Å². The number of benzene rings is 2. The van der Waals surface area contributed by atoms with E-state index in [1.807, 2.05) is 12.1 Å². The highest BCUT2D eigenvalue weighted by atomic mass is 16.6. The van der Waals surface area contributed by atoms with Crippen LogP contribution < -0.4 is 4.90 Å². The van der Waals surface area contributed by atoms with E-state index < -0.39 is 0 Å². The van der Waals surface area contributed by atoms with E-state index in [1.54, 1.807) is 24.4 Å². The number of hydrogen-bond donors (Lipinski definition) is 0. The van der Waals surface area contributed by atoms with Crippen molar-refractivity contribution in [3.8, 4) is 0 Å². The van der Waals surface area contributed by atoms with Gasteiger partial charge in [-0.05, 0) is 43.2 Å². The number of fused-ring (bicyclic) bond motifs is 2. The van der Waals surface area contributed by atoms with E-state index in [0.29, 0.717) is 16.9 Å². The summed E-state index contributed by atoms with van der Waals surface area (Å²) in [6.07, 6.45) is 4.61. The first kappa shape index (κ1) is 18.5. The van der Waals surface area contributed by atoms with Crippen LogP contribution in [0.2, 0.25) is 0 Å². The number of aryl methyl sites for hydroxylation is 1. The summed E-state index contributed by atoms with van der Waals surface area (Å²) in [4.78, 5) is 22.7. The molecule has 4 aromatic rings. The molecule has 0 radical (unpaired) electrons. The highest BCUT2D eigenvalue weighted by Crippen LogP contribution is 2.36. The Morgan fingerprint density at radius 1 is 1.10 bits per heavy atom. The molecule has 152 valence electrons. The van der Waals surface area contributed by atoms with Crippen LogP contribution in [0, 0.1) is 10.1 Å². The molecule has 7 heteroatoms. The molecular formula is C23H23N5O2. The molecule has 1 aliphatic heterocycles. The van der Waals surface area contributed by atoms with E-state index in [9.17, 15) is 10.1 Å². The minimum absolute atomic E-state index is 0.106. The number of nitro groups is 1. The van der Waals surface area contributed by atoms with Crippen LogP contribution in [0.5, 0.6) is 0 Å². The molecule has 30 heavy (non-hydrogen) atoms. The Kier molecular flexibility index (Phi) is 4.58. The van der Waals surface area contributed by atoms with Crippen LogP contribution in [0.15, 0.2) is 54.7 Å². The third kappa shape index (κ3) is 2.98. The topological polar surface area (TPSA) is 77.1 Å². The molecule has 7 nitrogen and oxygen atoms in total. The van der Waals surface area contributed by atoms with Crippen molar-refractivity contribution in [3.63, 3.8) is 0 Å². The lowest BCUT2D eigenvalue weighted by atomic mass is 10.0. The quantitative estimate of drug-likeness (QED) is 0.359. The molecule has 0 saturated carbocycles. The first-order valence-corrected chi connectivity index (χ1v) is 10.4. The monoisotopic (exact) mass is 401 g/mol. The zero-order valence-electron chi connectivity index (χ0n) is 16.9. The van der Waals surface area contributed by atoms with Gasteiger partial charge >= 0.3 is 0 Å². The molecule has 0 spiro atoms. The summed E-state index contributed by atoms with van der Waals surface area (Å²) < 4.78 is 2.42. The van der Waals surface area contributed by atoms with Gasteiger partial charge in [0.15, 0.2) is 0 Å². The van der Waals surface area contributed by atoms with Gasteiger partial charge in [-0.3, -0.25) is 15.1 Å². The third-order valence-electron chi connectivity index (χ3n) is 6.08. The van der Waals surface area contributed by atoms with Crippen molar-refractivity contribution in [3.05, 3.63) is 70.7 Å². The third-order valence-corrected chi connectivity index (χ3v) is 6.08. The van der Waals surface area contributed by atoms with Gasteiger partial charge in [-0.2, -0.15) is 0 Å². The largest absolute Gasteiger partial charge is 0.370 e. The highest BCUT2D eigenvalue weighted by molar-refractivity contribution is 5.97. The maximum atomic E-state index is 11.4. The Morgan fingerprint density at radius 2 is 1.90 bits per heavy atom. The molecule has 5 rings (SSSR count). The van der Waals surface area contributed by atoms with E-state index in [1.165, 1.54) is 5.52 Å². The van der Waals surface area contributed by atoms with Crippen molar-refractivity contribution in [1.82, 2.24) is 14.5 Å². The first-order chi connectivity index (χ1) is 14.7. The van der Waals surface area contributed by atoms with Crippen LogP contribution in [0.3, 0.4) is 0 Å². The zero-order chi connectivity index (χ0) is 20.7. The molecule has 2 aromatic carbocycles. The summed E-state index contributed by atoms with van der Waals surface area (Å²) in [5, 5.41) is 12.0. The molecule has 1 fully saturated rings.